The van der Waals surface area contributed by atoms with E-state index in [1.165, 1.54) is 212 Å². The molecule has 0 aromatic rings. The van der Waals surface area contributed by atoms with Crippen LogP contribution in [0.15, 0.2) is 0 Å². The van der Waals surface area contributed by atoms with Gasteiger partial charge in [-0.25, -0.2) is 9.13 Å². The molecule has 0 aromatic carbocycles. The highest BCUT2D eigenvalue weighted by molar-refractivity contribution is 7.47. The third kappa shape index (κ3) is 72.2. The Morgan fingerprint density at radius 3 is 0.701 bits per heavy atom. The largest absolute Gasteiger partial charge is 0.472 e. The third-order valence-electron chi connectivity index (χ3n) is 18.2. The maximum atomic E-state index is 13.1. The molecule has 0 aliphatic heterocycles. The van der Waals surface area contributed by atoms with Crippen molar-refractivity contribution in [1.82, 2.24) is 0 Å². The average molecular weight is 1420 g/mol. The molecule has 17 nitrogen and oxygen atoms in total. The summed E-state index contributed by atoms with van der Waals surface area (Å²) in [5.74, 6) is -0.559. The molecule has 0 spiro atoms. The van der Waals surface area contributed by atoms with Gasteiger partial charge in [-0.3, -0.25) is 37.3 Å². The monoisotopic (exact) mass is 1420 g/mol. The lowest BCUT2D eigenvalue weighted by Gasteiger charge is -2.21. The number of hydrogen-bond donors (Lipinski definition) is 3. The van der Waals surface area contributed by atoms with Gasteiger partial charge in [-0.05, 0) is 37.5 Å². The second-order valence-electron chi connectivity index (χ2n) is 29.1. The van der Waals surface area contributed by atoms with Crippen LogP contribution in [0.4, 0.5) is 0 Å². The molecule has 2 unspecified atom stereocenters. The number of aliphatic hydroxyl groups is 1. The first kappa shape index (κ1) is 95.1. The zero-order valence-electron chi connectivity index (χ0n) is 63.4. The Labute approximate surface area is 594 Å². The van der Waals surface area contributed by atoms with Crippen LogP contribution >= 0.6 is 15.6 Å². The Hall–Kier alpha value is -1.94. The summed E-state index contributed by atoms with van der Waals surface area (Å²) in [6.07, 6.45) is 58.5. The van der Waals surface area contributed by atoms with E-state index in [4.69, 9.17) is 37.0 Å². The first-order chi connectivity index (χ1) is 46.9. The molecule has 0 aliphatic carbocycles. The number of rotatable bonds is 77. The number of phosphoric acid groups is 2. The van der Waals surface area contributed by atoms with E-state index in [2.05, 4.69) is 41.5 Å². The van der Waals surface area contributed by atoms with E-state index >= 15 is 0 Å². The van der Waals surface area contributed by atoms with Gasteiger partial charge >= 0.3 is 39.5 Å². The number of ether oxygens (including phenoxy) is 4. The number of unbranched alkanes of at least 4 members (excludes halogenated alkanes) is 47. The number of carbonyl (C=O) groups excluding carboxylic acids is 4. The zero-order valence-corrected chi connectivity index (χ0v) is 65.2. The highest BCUT2D eigenvalue weighted by atomic mass is 31.2. The quantitative estimate of drug-likeness (QED) is 0.0222. The van der Waals surface area contributed by atoms with E-state index in [9.17, 15) is 43.2 Å². The number of hydrogen-bond acceptors (Lipinski definition) is 15. The van der Waals surface area contributed by atoms with Gasteiger partial charge in [0.1, 0.15) is 19.3 Å². The van der Waals surface area contributed by atoms with Crippen molar-refractivity contribution in [2.45, 2.75) is 426 Å². The van der Waals surface area contributed by atoms with E-state index in [0.717, 1.165) is 115 Å². The van der Waals surface area contributed by atoms with Crippen molar-refractivity contribution in [1.29, 1.82) is 0 Å². The third-order valence-corrected chi connectivity index (χ3v) is 20.1. The second kappa shape index (κ2) is 69.8. The zero-order chi connectivity index (χ0) is 71.4. The summed E-state index contributed by atoms with van der Waals surface area (Å²) in [7, 11) is -9.91. The number of esters is 4. The lowest BCUT2D eigenvalue weighted by atomic mass is 10.0. The lowest BCUT2D eigenvalue weighted by molar-refractivity contribution is -0.161. The maximum Gasteiger partial charge on any atom is 0.472 e. The molecular formula is C78H152O17P2. The van der Waals surface area contributed by atoms with E-state index in [-0.39, 0.29) is 25.7 Å². The highest BCUT2D eigenvalue weighted by Crippen LogP contribution is 2.45. The van der Waals surface area contributed by atoms with Gasteiger partial charge in [0.15, 0.2) is 12.2 Å². The summed E-state index contributed by atoms with van der Waals surface area (Å²) in [5, 5.41) is 10.6. The van der Waals surface area contributed by atoms with Gasteiger partial charge in [0.25, 0.3) is 0 Å². The Morgan fingerprint density at radius 1 is 0.278 bits per heavy atom. The van der Waals surface area contributed by atoms with Crippen LogP contribution in [-0.4, -0.2) is 96.7 Å². The standard InChI is InChI=1S/C78H152O17P2/c1-7-9-11-13-15-16-17-18-19-20-21-22-25-29-32-38-44-50-56-62-77(82)95-74(67-89-76(81)61-55-49-43-37-31-28-26-23-24-27-30-35-41-46-52-58-70(3)4)69-93-97(86,87)91-65-72(79)64-90-96(84,85)92-68-73(66-88-75(80)60-54-48-40-14-12-10-8-2)94-78(83)63-57-51-45-39-34-33-36-42-47-53-59-71(5)6/h70-74,79H,7-69H2,1-6H3,(H,84,85)(H,86,87)/t72-,73+,74+/m0/s1. The van der Waals surface area contributed by atoms with Crippen LogP contribution in [0.25, 0.3) is 0 Å². The molecule has 0 fully saturated rings. The van der Waals surface area contributed by atoms with Crippen LogP contribution in [0.2, 0.25) is 0 Å². The van der Waals surface area contributed by atoms with E-state index in [1.54, 1.807) is 0 Å². The molecule has 0 aliphatic rings. The van der Waals surface area contributed by atoms with Gasteiger partial charge in [-0.1, -0.05) is 356 Å². The minimum atomic E-state index is -4.96. The topological polar surface area (TPSA) is 237 Å². The summed E-state index contributed by atoms with van der Waals surface area (Å²) >= 11 is 0. The molecule has 0 aromatic heterocycles. The molecule has 0 radical (unpaired) electrons. The van der Waals surface area contributed by atoms with Crippen molar-refractivity contribution in [2.24, 2.45) is 11.8 Å². The minimum absolute atomic E-state index is 0.106. The summed E-state index contributed by atoms with van der Waals surface area (Å²) in [6.45, 7) is 9.59. The van der Waals surface area contributed by atoms with Crippen LogP contribution in [0.1, 0.15) is 408 Å². The van der Waals surface area contributed by atoms with Crippen molar-refractivity contribution in [3.8, 4) is 0 Å². The number of aliphatic hydroxyl groups excluding tert-OH is 1. The molecular weight excluding hydrogens is 1270 g/mol. The average Bonchev–Trinajstić information content (AvgIpc) is 2.70. The number of carbonyl (C=O) groups is 4. The SMILES string of the molecule is CCCCCCCCCCCCCCCCCCCCCC(=O)O[C@H](COC(=O)CCCCCCCCCCCCCCCCCC(C)C)COP(=O)(O)OC[C@@H](O)COP(=O)(O)OC[C@@H](COC(=O)CCCCCCCCC)OC(=O)CCCCCCCCCCCCC(C)C. The van der Waals surface area contributed by atoms with Crippen LogP contribution in [0, 0.1) is 11.8 Å². The van der Waals surface area contributed by atoms with Crippen LogP contribution in [0.3, 0.4) is 0 Å². The predicted molar refractivity (Wildman–Crippen MR) is 395 cm³/mol. The van der Waals surface area contributed by atoms with Crippen molar-refractivity contribution < 1.29 is 80.2 Å². The Balaban J connectivity index is 5.18. The predicted octanol–water partition coefficient (Wildman–Crippen LogP) is 23.1. The van der Waals surface area contributed by atoms with Gasteiger partial charge < -0.3 is 33.8 Å². The molecule has 0 amide bonds. The van der Waals surface area contributed by atoms with E-state index < -0.39 is 97.5 Å². The molecule has 5 atom stereocenters. The maximum absolute atomic E-state index is 13.1. The highest BCUT2D eigenvalue weighted by Gasteiger charge is 2.30. The molecule has 0 saturated heterocycles. The normalized spacial score (nSPS) is 14.0. The first-order valence-electron chi connectivity index (χ1n) is 40.5. The van der Waals surface area contributed by atoms with Crippen molar-refractivity contribution in [3.63, 3.8) is 0 Å². The van der Waals surface area contributed by atoms with Gasteiger partial charge in [-0.15, -0.1) is 0 Å². The molecule has 3 N–H and O–H groups in total. The van der Waals surface area contributed by atoms with Gasteiger partial charge in [0.2, 0.25) is 0 Å². The van der Waals surface area contributed by atoms with Crippen LogP contribution < -0.4 is 0 Å². The fourth-order valence-corrected chi connectivity index (χ4v) is 13.6. The van der Waals surface area contributed by atoms with Crippen molar-refractivity contribution >= 4 is 39.5 Å². The molecule has 97 heavy (non-hydrogen) atoms. The van der Waals surface area contributed by atoms with Crippen molar-refractivity contribution in [2.75, 3.05) is 39.6 Å². The lowest BCUT2D eigenvalue weighted by Crippen LogP contribution is -2.30. The summed E-state index contributed by atoms with van der Waals surface area (Å²) < 4.78 is 68.5. The Morgan fingerprint density at radius 2 is 0.474 bits per heavy atom. The van der Waals surface area contributed by atoms with Crippen LogP contribution in [0.5, 0.6) is 0 Å². The molecule has 0 rings (SSSR count). The van der Waals surface area contributed by atoms with E-state index in [0.29, 0.717) is 25.7 Å². The molecule has 0 bridgehead atoms. The van der Waals surface area contributed by atoms with Crippen LogP contribution in [-0.2, 0) is 65.4 Å². The summed E-state index contributed by atoms with van der Waals surface area (Å²) in [6, 6.07) is 0. The molecule has 576 valence electrons. The summed E-state index contributed by atoms with van der Waals surface area (Å²) in [4.78, 5) is 72.7. The smallest absolute Gasteiger partial charge is 0.462 e. The van der Waals surface area contributed by atoms with Gasteiger partial charge in [0, 0.05) is 25.7 Å². The Kier molecular flexibility index (Phi) is 68.4. The Bertz CT molecular complexity index is 1870. The fraction of sp³-hybridized carbons (Fsp3) is 0.949. The van der Waals surface area contributed by atoms with Crippen molar-refractivity contribution in [3.05, 3.63) is 0 Å². The number of phosphoric ester groups is 2. The molecule has 19 heteroatoms. The summed E-state index contributed by atoms with van der Waals surface area (Å²) in [5.41, 5.74) is 0. The van der Waals surface area contributed by atoms with E-state index in [1.807, 2.05) is 0 Å². The van der Waals surface area contributed by atoms with Gasteiger partial charge in [-0.2, -0.15) is 0 Å². The molecule has 0 heterocycles. The van der Waals surface area contributed by atoms with Gasteiger partial charge in [0.05, 0.1) is 26.4 Å². The minimum Gasteiger partial charge on any atom is -0.462 e. The first-order valence-corrected chi connectivity index (χ1v) is 43.5. The molecule has 0 saturated carbocycles. The second-order valence-corrected chi connectivity index (χ2v) is 32.0. The fourth-order valence-electron chi connectivity index (χ4n) is 12.0.